The van der Waals surface area contributed by atoms with Gasteiger partial charge in [-0.05, 0) is 48.9 Å². The standard InChI is InChI=1S/C18H19N3OS/c1-2-22-14-7-5-13(6-8-14)16-4-3-10-21(16)17-15-9-11-23-18(15)20-12-19-17/h5-9,11-12,16H,2-4,10H2,1H3/t16-/m1/s1. The lowest BCUT2D eigenvalue weighted by Gasteiger charge is -2.26. The fourth-order valence-corrected chi connectivity index (χ4v) is 4.05. The molecule has 0 unspecified atom stereocenters. The van der Waals surface area contributed by atoms with Crippen LogP contribution in [0.15, 0.2) is 42.0 Å². The van der Waals surface area contributed by atoms with Crippen molar-refractivity contribution >= 4 is 27.4 Å². The molecule has 1 fully saturated rings. The Hall–Kier alpha value is -2.14. The van der Waals surface area contributed by atoms with Crippen LogP contribution in [0.2, 0.25) is 0 Å². The Balaban J connectivity index is 1.67. The van der Waals surface area contributed by atoms with E-state index in [0.717, 1.165) is 34.7 Å². The van der Waals surface area contributed by atoms with Gasteiger partial charge in [-0.15, -0.1) is 11.3 Å². The molecule has 23 heavy (non-hydrogen) atoms. The first-order chi connectivity index (χ1) is 11.4. The Morgan fingerprint density at radius 2 is 2.09 bits per heavy atom. The minimum Gasteiger partial charge on any atom is -0.494 e. The summed E-state index contributed by atoms with van der Waals surface area (Å²) in [6.45, 7) is 3.75. The molecule has 1 saturated heterocycles. The van der Waals surface area contributed by atoms with Crippen molar-refractivity contribution in [1.29, 1.82) is 0 Å². The maximum absolute atomic E-state index is 5.55. The molecule has 2 aromatic heterocycles. The van der Waals surface area contributed by atoms with Crippen LogP contribution in [0.4, 0.5) is 5.82 Å². The van der Waals surface area contributed by atoms with E-state index in [1.54, 1.807) is 17.7 Å². The van der Waals surface area contributed by atoms with Gasteiger partial charge in [0.2, 0.25) is 0 Å². The van der Waals surface area contributed by atoms with Crippen LogP contribution >= 0.6 is 11.3 Å². The maximum Gasteiger partial charge on any atom is 0.141 e. The maximum atomic E-state index is 5.55. The molecule has 0 spiro atoms. The van der Waals surface area contributed by atoms with Gasteiger partial charge in [0.1, 0.15) is 22.7 Å². The molecule has 118 valence electrons. The van der Waals surface area contributed by atoms with E-state index in [4.69, 9.17) is 4.74 Å². The summed E-state index contributed by atoms with van der Waals surface area (Å²) in [5, 5.41) is 3.25. The number of hydrogen-bond acceptors (Lipinski definition) is 5. The third-order valence-electron chi connectivity index (χ3n) is 4.34. The van der Waals surface area contributed by atoms with E-state index in [0.29, 0.717) is 12.6 Å². The van der Waals surface area contributed by atoms with Gasteiger partial charge in [0, 0.05) is 6.54 Å². The minimum absolute atomic E-state index is 0.378. The number of benzene rings is 1. The van der Waals surface area contributed by atoms with Crippen molar-refractivity contribution in [3.05, 3.63) is 47.6 Å². The summed E-state index contributed by atoms with van der Waals surface area (Å²) in [6, 6.07) is 11.0. The van der Waals surface area contributed by atoms with Crippen molar-refractivity contribution in [2.75, 3.05) is 18.1 Å². The molecule has 5 heteroatoms. The number of fused-ring (bicyclic) bond motifs is 1. The van der Waals surface area contributed by atoms with Gasteiger partial charge in [-0.2, -0.15) is 0 Å². The fraction of sp³-hybridized carbons (Fsp3) is 0.333. The summed E-state index contributed by atoms with van der Waals surface area (Å²) in [4.78, 5) is 12.4. The third kappa shape index (κ3) is 2.65. The molecule has 0 N–H and O–H groups in total. The van der Waals surface area contributed by atoms with E-state index in [1.165, 1.54) is 12.0 Å². The van der Waals surface area contributed by atoms with Crippen molar-refractivity contribution in [2.45, 2.75) is 25.8 Å². The van der Waals surface area contributed by atoms with Crippen LogP contribution in [0.25, 0.3) is 10.2 Å². The molecule has 3 heterocycles. The predicted octanol–water partition coefficient (Wildman–Crippen LogP) is 4.43. The molecule has 4 nitrogen and oxygen atoms in total. The van der Waals surface area contributed by atoms with Crippen molar-refractivity contribution < 1.29 is 4.74 Å². The van der Waals surface area contributed by atoms with Crippen molar-refractivity contribution in [3.63, 3.8) is 0 Å². The molecule has 4 rings (SSSR count). The van der Waals surface area contributed by atoms with E-state index in [1.807, 2.05) is 6.92 Å². The average molecular weight is 325 g/mol. The Bertz CT molecular complexity index is 799. The molecule has 0 saturated carbocycles. The second-order valence-corrected chi connectivity index (χ2v) is 6.58. The number of hydrogen-bond donors (Lipinski definition) is 0. The predicted molar refractivity (Wildman–Crippen MR) is 94.3 cm³/mol. The highest BCUT2D eigenvalue weighted by molar-refractivity contribution is 7.16. The molecule has 0 amide bonds. The van der Waals surface area contributed by atoms with Crippen LogP contribution in [-0.4, -0.2) is 23.1 Å². The molecular weight excluding hydrogens is 306 g/mol. The zero-order chi connectivity index (χ0) is 15.6. The summed E-state index contributed by atoms with van der Waals surface area (Å²) in [5.74, 6) is 2.00. The highest BCUT2D eigenvalue weighted by Crippen LogP contribution is 2.38. The average Bonchev–Trinajstić information content (AvgIpc) is 3.25. The summed E-state index contributed by atoms with van der Waals surface area (Å²) in [6.07, 6.45) is 4.03. The first-order valence-corrected chi connectivity index (χ1v) is 8.92. The second kappa shape index (κ2) is 6.16. The first-order valence-electron chi connectivity index (χ1n) is 8.04. The topological polar surface area (TPSA) is 38.2 Å². The molecule has 1 atom stereocenters. The van der Waals surface area contributed by atoms with Gasteiger partial charge in [0.25, 0.3) is 0 Å². The van der Waals surface area contributed by atoms with Crippen LogP contribution in [0, 0.1) is 0 Å². The van der Waals surface area contributed by atoms with Crippen molar-refractivity contribution in [2.24, 2.45) is 0 Å². The number of nitrogens with zero attached hydrogens (tertiary/aromatic N) is 3. The summed E-state index contributed by atoms with van der Waals surface area (Å²) in [7, 11) is 0. The van der Waals surface area contributed by atoms with E-state index >= 15 is 0 Å². The normalized spacial score (nSPS) is 17.8. The van der Waals surface area contributed by atoms with Gasteiger partial charge in [0.05, 0.1) is 18.0 Å². The van der Waals surface area contributed by atoms with Crippen LogP contribution in [0.5, 0.6) is 5.75 Å². The highest BCUT2D eigenvalue weighted by atomic mass is 32.1. The number of aromatic nitrogens is 2. The smallest absolute Gasteiger partial charge is 0.141 e. The van der Waals surface area contributed by atoms with Gasteiger partial charge >= 0.3 is 0 Å². The molecule has 3 aromatic rings. The van der Waals surface area contributed by atoms with Gasteiger partial charge in [-0.1, -0.05) is 12.1 Å². The second-order valence-electron chi connectivity index (χ2n) is 5.69. The molecule has 1 aliphatic heterocycles. The van der Waals surface area contributed by atoms with E-state index in [-0.39, 0.29) is 0 Å². The molecule has 0 aliphatic carbocycles. The van der Waals surface area contributed by atoms with Crippen LogP contribution < -0.4 is 9.64 Å². The molecule has 0 bridgehead atoms. The Morgan fingerprint density at radius 3 is 2.91 bits per heavy atom. The third-order valence-corrected chi connectivity index (χ3v) is 5.16. The molecular formula is C18H19N3OS. The number of ether oxygens (including phenoxy) is 1. The van der Waals surface area contributed by atoms with E-state index in [2.05, 4.69) is 50.6 Å². The highest BCUT2D eigenvalue weighted by Gasteiger charge is 2.28. The summed E-state index contributed by atoms with van der Waals surface area (Å²) in [5.41, 5.74) is 1.33. The number of rotatable bonds is 4. The summed E-state index contributed by atoms with van der Waals surface area (Å²) < 4.78 is 5.55. The quantitative estimate of drug-likeness (QED) is 0.711. The van der Waals surface area contributed by atoms with Gasteiger partial charge in [0.15, 0.2) is 0 Å². The zero-order valence-electron chi connectivity index (χ0n) is 13.1. The molecule has 0 radical (unpaired) electrons. The zero-order valence-corrected chi connectivity index (χ0v) is 13.9. The summed E-state index contributed by atoms with van der Waals surface area (Å²) >= 11 is 1.67. The lowest BCUT2D eigenvalue weighted by Crippen LogP contribution is -2.23. The Kier molecular flexibility index (Phi) is 3.87. The number of thiophene rings is 1. The van der Waals surface area contributed by atoms with Gasteiger partial charge in [-0.3, -0.25) is 0 Å². The number of anilines is 1. The molecule has 1 aromatic carbocycles. The minimum atomic E-state index is 0.378. The lowest BCUT2D eigenvalue weighted by molar-refractivity contribution is 0.340. The molecule has 1 aliphatic rings. The van der Waals surface area contributed by atoms with Crippen molar-refractivity contribution in [1.82, 2.24) is 9.97 Å². The van der Waals surface area contributed by atoms with Gasteiger partial charge in [-0.25, -0.2) is 9.97 Å². The Morgan fingerprint density at radius 1 is 1.22 bits per heavy atom. The lowest BCUT2D eigenvalue weighted by atomic mass is 10.0. The SMILES string of the molecule is CCOc1ccc([C@H]2CCCN2c2ncnc3sccc23)cc1. The first kappa shape index (κ1) is 14.5. The largest absolute Gasteiger partial charge is 0.494 e. The van der Waals surface area contributed by atoms with Crippen molar-refractivity contribution in [3.8, 4) is 5.75 Å². The van der Waals surface area contributed by atoms with Crippen LogP contribution in [0.1, 0.15) is 31.4 Å². The van der Waals surface area contributed by atoms with E-state index in [9.17, 15) is 0 Å². The fourth-order valence-electron chi connectivity index (χ4n) is 3.33. The van der Waals surface area contributed by atoms with E-state index < -0.39 is 0 Å². The Labute approximate surface area is 139 Å². The van der Waals surface area contributed by atoms with Crippen LogP contribution in [-0.2, 0) is 0 Å². The van der Waals surface area contributed by atoms with Crippen LogP contribution in [0.3, 0.4) is 0 Å². The van der Waals surface area contributed by atoms with Gasteiger partial charge < -0.3 is 9.64 Å². The monoisotopic (exact) mass is 325 g/mol.